The van der Waals surface area contributed by atoms with Crippen molar-refractivity contribution in [3.8, 4) is 0 Å². The largest absolute Gasteiger partial charge is 0.313 e. The van der Waals surface area contributed by atoms with Crippen LogP contribution in [0.5, 0.6) is 0 Å². The molecule has 0 bridgehead atoms. The molecule has 5 heteroatoms. The van der Waals surface area contributed by atoms with Gasteiger partial charge in [0.2, 0.25) is 10.0 Å². The molecule has 0 aliphatic carbocycles. The SMILES string of the molecule is CCS(=O)(=O)NCC1=CCNCC1. The van der Waals surface area contributed by atoms with Gasteiger partial charge in [0.05, 0.1) is 5.75 Å². The van der Waals surface area contributed by atoms with Crippen LogP contribution in [0.15, 0.2) is 11.6 Å². The summed E-state index contributed by atoms with van der Waals surface area (Å²) >= 11 is 0. The van der Waals surface area contributed by atoms with Crippen LogP contribution in [0.1, 0.15) is 13.3 Å². The summed E-state index contributed by atoms with van der Waals surface area (Å²) in [6.45, 7) is 3.90. The van der Waals surface area contributed by atoms with Crippen molar-refractivity contribution >= 4 is 10.0 Å². The highest BCUT2D eigenvalue weighted by Crippen LogP contribution is 2.02. The first kappa shape index (κ1) is 10.7. The first-order chi connectivity index (χ1) is 6.14. The van der Waals surface area contributed by atoms with Crippen LogP contribution < -0.4 is 10.0 Å². The van der Waals surface area contributed by atoms with E-state index in [1.165, 1.54) is 5.57 Å². The first-order valence-corrected chi connectivity index (χ1v) is 6.15. The highest BCUT2D eigenvalue weighted by Gasteiger charge is 2.08. The minimum absolute atomic E-state index is 0.151. The van der Waals surface area contributed by atoms with Gasteiger partial charge in [-0.15, -0.1) is 0 Å². The fourth-order valence-corrected chi connectivity index (χ4v) is 1.74. The molecule has 1 aliphatic rings. The third-order valence-corrected chi connectivity index (χ3v) is 3.40. The van der Waals surface area contributed by atoms with E-state index in [9.17, 15) is 8.42 Å². The maximum absolute atomic E-state index is 11.1. The molecule has 13 heavy (non-hydrogen) atoms. The second kappa shape index (κ2) is 4.74. The van der Waals surface area contributed by atoms with Crippen molar-refractivity contribution in [2.24, 2.45) is 0 Å². The summed E-state index contributed by atoms with van der Waals surface area (Å²) in [5.74, 6) is 0.151. The van der Waals surface area contributed by atoms with Crippen LogP contribution in [0, 0.1) is 0 Å². The van der Waals surface area contributed by atoms with Gasteiger partial charge < -0.3 is 5.32 Å². The maximum Gasteiger partial charge on any atom is 0.211 e. The van der Waals surface area contributed by atoms with Gasteiger partial charge in [0.1, 0.15) is 0 Å². The fourth-order valence-electron chi connectivity index (χ4n) is 1.13. The van der Waals surface area contributed by atoms with Crippen LogP contribution >= 0.6 is 0 Å². The minimum Gasteiger partial charge on any atom is -0.313 e. The third-order valence-electron chi connectivity index (χ3n) is 2.06. The number of hydrogen-bond donors (Lipinski definition) is 2. The second-order valence-electron chi connectivity index (χ2n) is 3.04. The molecule has 76 valence electrons. The summed E-state index contributed by atoms with van der Waals surface area (Å²) < 4.78 is 24.7. The molecule has 0 aromatic carbocycles. The topological polar surface area (TPSA) is 58.2 Å². The van der Waals surface area contributed by atoms with Crippen LogP contribution in [0.3, 0.4) is 0 Å². The zero-order valence-electron chi connectivity index (χ0n) is 7.84. The van der Waals surface area contributed by atoms with Gasteiger partial charge in [0.15, 0.2) is 0 Å². The molecule has 1 rings (SSSR count). The van der Waals surface area contributed by atoms with Crippen LogP contribution in [0.25, 0.3) is 0 Å². The quantitative estimate of drug-likeness (QED) is 0.626. The monoisotopic (exact) mass is 204 g/mol. The van der Waals surface area contributed by atoms with E-state index >= 15 is 0 Å². The van der Waals surface area contributed by atoms with Crippen LogP contribution in [0.2, 0.25) is 0 Å². The Morgan fingerprint density at radius 2 is 2.38 bits per heavy atom. The molecule has 0 atom stereocenters. The first-order valence-electron chi connectivity index (χ1n) is 4.50. The normalized spacial score (nSPS) is 18.4. The summed E-state index contributed by atoms with van der Waals surface area (Å²) in [6.07, 6.45) is 2.98. The minimum atomic E-state index is -3.03. The molecule has 0 amide bonds. The van der Waals surface area contributed by atoms with Crippen LogP contribution in [0.4, 0.5) is 0 Å². The molecule has 0 saturated carbocycles. The zero-order chi connectivity index (χ0) is 9.73. The molecule has 1 aliphatic heterocycles. The third kappa shape index (κ3) is 3.89. The highest BCUT2D eigenvalue weighted by atomic mass is 32.2. The van der Waals surface area contributed by atoms with Crippen molar-refractivity contribution in [1.29, 1.82) is 0 Å². The van der Waals surface area contributed by atoms with Gasteiger partial charge in [-0.25, -0.2) is 13.1 Å². The van der Waals surface area contributed by atoms with Gasteiger partial charge in [0.25, 0.3) is 0 Å². The van der Waals surface area contributed by atoms with Gasteiger partial charge in [-0.05, 0) is 19.9 Å². The number of hydrogen-bond acceptors (Lipinski definition) is 3. The van der Waals surface area contributed by atoms with E-state index in [-0.39, 0.29) is 5.75 Å². The van der Waals surface area contributed by atoms with Gasteiger partial charge in [-0.3, -0.25) is 0 Å². The van der Waals surface area contributed by atoms with E-state index in [0.717, 1.165) is 19.5 Å². The average molecular weight is 204 g/mol. The van der Waals surface area contributed by atoms with Crippen LogP contribution in [-0.4, -0.2) is 33.8 Å². The van der Waals surface area contributed by atoms with E-state index in [0.29, 0.717) is 6.54 Å². The standard InChI is InChI=1S/C8H16N2O2S/c1-2-13(11,12)10-7-8-3-5-9-6-4-8/h3,9-10H,2,4-7H2,1H3. The Hall–Kier alpha value is -0.390. The van der Waals surface area contributed by atoms with Crippen molar-refractivity contribution < 1.29 is 8.42 Å². The Balaban J connectivity index is 2.38. The van der Waals surface area contributed by atoms with Crippen molar-refractivity contribution in [2.45, 2.75) is 13.3 Å². The van der Waals surface area contributed by atoms with E-state index < -0.39 is 10.0 Å². The Labute approximate surface area is 79.5 Å². The van der Waals surface area contributed by atoms with Crippen LogP contribution in [-0.2, 0) is 10.0 Å². The molecule has 0 unspecified atom stereocenters. The summed E-state index contributed by atoms with van der Waals surface area (Å²) in [6, 6.07) is 0. The predicted molar refractivity (Wildman–Crippen MR) is 53.0 cm³/mol. The number of rotatable bonds is 4. The van der Waals surface area contributed by atoms with Gasteiger partial charge >= 0.3 is 0 Å². The predicted octanol–water partition coefficient (Wildman–Crippen LogP) is -0.155. The Bertz CT molecular complexity index is 283. The molecule has 1 heterocycles. The summed E-state index contributed by atoms with van der Waals surface area (Å²) in [5, 5.41) is 3.17. The summed E-state index contributed by atoms with van der Waals surface area (Å²) in [4.78, 5) is 0. The van der Waals surface area contributed by atoms with Crippen molar-refractivity contribution in [1.82, 2.24) is 10.0 Å². The Morgan fingerprint density at radius 1 is 1.62 bits per heavy atom. The van der Waals surface area contributed by atoms with Gasteiger partial charge in [-0.1, -0.05) is 11.6 Å². The lowest BCUT2D eigenvalue weighted by Gasteiger charge is -2.14. The molecule has 4 nitrogen and oxygen atoms in total. The molecular formula is C8H16N2O2S. The van der Waals surface area contributed by atoms with Gasteiger partial charge in [0, 0.05) is 13.1 Å². The van der Waals surface area contributed by atoms with E-state index in [2.05, 4.69) is 10.0 Å². The number of sulfonamides is 1. The lowest BCUT2D eigenvalue weighted by atomic mass is 10.1. The average Bonchev–Trinajstić information content (AvgIpc) is 2.17. The second-order valence-corrected chi connectivity index (χ2v) is 5.14. The van der Waals surface area contributed by atoms with Crippen molar-refractivity contribution in [2.75, 3.05) is 25.4 Å². The van der Waals surface area contributed by atoms with Crippen molar-refractivity contribution in [3.63, 3.8) is 0 Å². The maximum atomic E-state index is 11.1. The van der Waals surface area contributed by atoms with Crippen molar-refractivity contribution in [3.05, 3.63) is 11.6 Å². The Kier molecular flexibility index (Phi) is 3.90. The van der Waals surface area contributed by atoms with E-state index in [1.54, 1.807) is 6.92 Å². The molecule has 0 aromatic heterocycles. The lowest BCUT2D eigenvalue weighted by molar-refractivity contribution is 0.583. The summed E-state index contributed by atoms with van der Waals surface area (Å²) in [7, 11) is -3.03. The molecule has 0 spiro atoms. The molecule has 0 fully saturated rings. The Morgan fingerprint density at radius 3 is 2.92 bits per heavy atom. The van der Waals surface area contributed by atoms with E-state index in [1.807, 2.05) is 6.08 Å². The lowest BCUT2D eigenvalue weighted by Crippen LogP contribution is -2.30. The number of nitrogens with one attached hydrogen (secondary N) is 2. The molecule has 0 saturated heterocycles. The highest BCUT2D eigenvalue weighted by molar-refractivity contribution is 7.89. The smallest absolute Gasteiger partial charge is 0.211 e. The zero-order valence-corrected chi connectivity index (χ0v) is 8.65. The fraction of sp³-hybridized carbons (Fsp3) is 0.750. The molecule has 0 aromatic rings. The van der Waals surface area contributed by atoms with E-state index in [4.69, 9.17) is 0 Å². The summed E-state index contributed by atoms with van der Waals surface area (Å²) in [5.41, 5.74) is 1.18. The molecular weight excluding hydrogens is 188 g/mol. The van der Waals surface area contributed by atoms with Gasteiger partial charge in [-0.2, -0.15) is 0 Å². The molecule has 2 N–H and O–H groups in total. The molecule has 0 radical (unpaired) electrons.